The van der Waals surface area contributed by atoms with Crippen LogP contribution in [0.5, 0.6) is 5.75 Å². The van der Waals surface area contributed by atoms with E-state index in [4.69, 9.17) is 4.42 Å². The average Bonchev–Trinajstić information content (AvgIpc) is 2.53. The van der Waals surface area contributed by atoms with Gasteiger partial charge in [-0.1, -0.05) is 12.1 Å². The van der Waals surface area contributed by atoms with Gasteiger partial charge in [0.15, 0.2) is 0 Å². The zero-order valence-electron chi connectivity index (χ0n) is 11.9. The van der Waals surface area contributed by atoms with Crippen LogP contribution < -0.4 is 10.9 Å². The highest BCUT2D eigenvalue weighted by atomic mass is 19.1. The molecule has 1 aromatic heterocycles. The third-order valence-corrected chi connectivity index (χ3v) is 3.33. The molecule has 0 spiro atoms. The van der Waals surface area contributed by atoms with Gasteiger partial charge in [-0.2, -0.15) is 0 Å². The summed E-state index contributed by atoms with van der Waals surface area (Å²) in [6.45, 7) is 0.159. The van der Waals surface area contributed by atoms with Crippen LogP contribution in [0.2, 0.25) is 0 Å². The number of phenols is 1. The number of halogens is 1. The van der Waals surface area contributed by atoms with Gasteiger partial charge in [0.1, 0.15) is 22.7 Å². The molecule has 0 bridgehead atoms. The largest absolute Gasteiger partial charge is 0.508 e. The highest BCUT2D eigenvalue weighted by Crippen LogP contribution is 2.19. The number of nitrogens with one attached hydrogen (secondary N) is 1. The Bertz CT molecular complexity index is 931. The molecule has 1 heterocycles. The Labute approximate surface area is 130 Å². The standard InChI is InChI=1S/C17H12FNO4/c18-12-4-1-10(2-5-12)9-19-16(21)14-7-11-3-6-13(20)8-15(11)23-17(14)22/h1-8,20H,9H2,(H,19,21). The molecule has 6 heteroatoms. The number of carbonyl (C=O) groups is 1. The molecule has 0 aliphatic rings. The van der Waals surface area contributed by atoms with Gasteiger partial charge >= 0.3 is 5.63 Å². The lowest BCUT2D eigenvalue weighted by molar-refractivity contribution is 0.0947. The van der Waals surface area contributed by atoms with E-state index in [1.807, 2.05) is 0 Å². The summed E-state index contributed by atoms with van der Waals surface area (Å²) in [7, 11) is 0. The lowest BCUT2D eigenvalue weighted by Gasteiger charge is -2.05. The molecular formula is C17H12FNO4. The number of fused-ring (bicyclic) bond motifs is 1. The van der Waals surface area contributed by atoms with Crippen molar-refractivity contribution in [2.75, 3.05) is 0 Å². The van der Waals surface area contributed by atoms with Gasteiger partial charge in [-0.25, -0.2) is 9.18 Å². The summed E-state index contributed by atoms with van der Waals surface area (Å²) < 4.78 is 17.9. The van der Waals surface area contributed by atoms with Crippen LogP contribution in [0.1, 0.15) is 15.9 Å². The molecule has 0 aliphatic carbocycles. The molecule has 23 heavy (non-hydrogen) atoms. The maximum absolute atomic E-state index is 12.8. The predicted octanol–water partition coefficient (Wildman–Crippen LogP) is 2.57. The lowest BCUT2D eigenvalue weighted by atomic mass is 10.1. The van der Waals surface area contributed by atoms with Gasteiger partial charge in [-0.15, -0.1) is 0 Å². The summed E-state index contributed by atoms with van der Waals surface area (Å²) >= 11 is 0. The first-order valence-electron chi connectivity index (χ1n) is 6.82. The van der Waals surface area contributed by atoms with Crippen LogP contribution >= 0.6 is 0 Å². The van der Waals surface area contributed by atoms with Crippen molar-refractivity contribution in [3.63, 3.8) is 0 Å². The van der Waals surface area contributed by atoms with Crippen molar-refractivity contribution in [1.82, 2.24) is 5.32 Å². The first-order valence-corrected chi connectivity index (χ1v) is 6.82. The van der Waals surface area contributed by atoms with E-state index in [9.17, 15) is 19.1 Å². The molecule has 116 valence electrons. The third kappa shape index (κ3) is 3.21. The number of amides is 1. The zero-order chi connectivity index (χ0) is 16.4. The van der Waals surface area contributed by atoms with Crippen molar-refractivity contribution in [3.8, 4) is 5.75 Å². The molecule has 2 N–H and O–H groups in total. The fourth-order valence-corrected chi connectivity index (χ4v) is 2.14. The topological polar surface area (TPSA) is 79.5 Å². The SMILES string of the molecule is O=C(NCc1ccc(F)cc1)c1cc2ccc(O)cc2oc1=O. The van der Waals surface area contributed by atoms with Gasteiger partial charge in [0, 0.05) is 18.0 Å². The lowest BCUT2D eigenvalue weighted by Crippen LogP contribution is -2.27. The summed E-state index contributed by atoms with van der Waals surface area (Å²) in [5.41, 5.74) is -0.0232. The molecule has 0 aliphatic heterocycles. The van der Waals surface area contributed by atoms with Gasteiger partial charge in [0.2, 0.25) is 0 Å². The Kier molecular flexibility index (Phi) is 3.80. The molecule has 0 atom stereocenters. The highest BCUT2D eigenvalue weighted by molar-refractivity contribution is 5.96. The van der Waals surface area contributed by atoms with Crippen molar-refractivity contribution in [1.29, 1.82) is 0 Å². The number of hydrogen-bond acceptors (Lipinski definition) is 4. The summed E-state index contributed by atoms with van der Waals surface area (Å²) in [6, 6.07) is 11.4. The van der Waals surface area contributed by atoms with E-state index < -0.39 is 11.5 Å². The number of aromatic hydroxyl groups is 1. The quantitative estimate of drug-likeness (QED) is 0.728. The zero-order valence-corrected chi connectivity index (χ0v) is 11.9. The summed E-state index contributed by atoms with van der Waals surface area (Å²) in [6.07, 6.45) is 0. The number of phenolic OH excluding ortho intramolecular Hbond substituents is 1. The summed E-state index contributed by atoms with van der Waals surface area (Å²) in [5.74, 6) is -0.981. The van der Waals surface area contributed by atoms with Gasteiger partial charge in [-0.05, 0) is 35.9 Å². The summed E-state index contributed by atoms with van der Waals surface area (Å²) in [4.78, 5) is 24.0. The third-order valence-electron chi connectivity index (χ3n) is 3.33. The first kappa shape index (κ1) is 14.8. The molecule has 0 fully saturated rings. The number of hydrogen-bond donors (Lipinski definition) is 2. The van der Waals surface area contributed by atoms with E-state index in [2.05, 4.69) is 5.32 Å². The number of rotatable bonds is 3. The Morgan fingerprint density at radius 3 is 2.61 bits per heavy atom. The summed E-state index contributed by atoms with van der Waals surface area (Å²) in [5, 5.41) is 12.5. The minimum absolute atomic E-state index is 0.0332. The fourth-order valence-electron chi connectivity index (χ4n) is 2.14. The van der Waals surface area contributed by atoms with Crippen LogP contribution in [0.4, 0.5) is 4.39 Å². The molecular weight excluding hydrogens is 301 g/mol. The van der Waals surface area contributed by atoms with Crippen LogP contribution in [0.15, 0.2) is 57.7 Å². The highest BCUT2D eigenvalue weighted by Gasteiger charge is 2.13. The van der Waals surface area contributed by atoms with E-state index in [0.717, 1.165) is 0 Å². The average molecular weight is 313 g/mol. The number of carbonyl (C=O) groups excluding carboxylic acids is 1. The maximum Gasteiger partial charge on any atom is 0.349 e. The number of benzene rings is 2. The second kappa shape index (κ2) is 5.92. The smallest absolute Gasteiger partial charge is 0.349 e. The van der Waals surface area contributed by atoms with Crippen LogP contribution in [0.3, 0.4) is 0 Å². The molecule has 0 radical (unpaired) electrons. The van der Waals surface area contributed by atoms with Crippen LogP contribution in [0, 0.1) is 5.82 Å². The maximum atomic E-state index is 12.8. The van der Waals surface area contributed by atoms with Crippen LogP contribution in [0.25, 0.3) is 11.0 Å². The Hall–Kier alpha value is -3.15. The molecule has 0 saturated carbocycles. The van der Waals surface area contributed by atoms with Crippen LogP contribution in [-0.2, 0) is 6.54 Å². The van der Waals surface area contributed by atoms with Crippen molar-refractivity contribution in [3.05, 3.63) is 75.9 Å². The van der Waals surface area contributed by atoms with Crippen molar-refractivity contribution < 1.29 is 18.7 Å². The molecule has 5 nitrogen and oxygen atoms in total. The van der Waals surface area contributed by atoms with E-state index in [0.29, 0.717) is 10.9 Å². The van der Waals surface area contributed by atoms with Crippen molar-refractivity contribution >= 4 is 16.9 Å². The molecule has 1 amide bonds. The first-order chi connectivity index (χ1) is 11.0. The van der Waals surface area contributed by atoms with Gasteiger partial charge < -0.3 is 14.8 Å². The normalized spacial score (nSPS) is 10.7. The predicted molar refractivity (Wildman–Crippen MR) is 81.7 cm³/mol. The molecule has 3 rings (SSSR count). The van der Waals surface area contributed by atoms with E-state index in [1.54, 1.807) is 18.2 Å². The van der Waals surface area contributed by atoms with Crippen molar-refractivity contribution in [2.45, 2.75) is 6.54 Å². The molecule has 3 aromatic rings. The van der Waals surface area contributed by atoms with Gasteiger partial charge in [0.05, 0.1) is 0 Å². The Morgan fingerprint density at radius 2 is 1.87 bits per heavy atom. The second-order valence-corrected chi connectivity index (χ2v) is 4.98. The molecule has 0 saturated heterocycles. The van der Waals surface area contributed by atoms with Gasteiger partial charge in [0.25, 0.3) is 5.91 Å². The second-order valence-electron chi connectivity index (χ2n) is 4.98. The van der Waals surface area contributed by atoms with E-state index in [1.165, 1.54) is 30.3 Å². The fraction of sp³-hybridized carbons (Fsp3) is 0.0588. The van der Waals surface area contributed by atoms with Gasteiger partial charge in [-0.3, -0.25) is 4.79 Å². The monoisotopic (exact) mass is 313 g/mol. The van der Waals surface area contributed by atoms with E-state index >= 15 is 0 Å². The Morgan fingerprint density at radius 1 is 1.13 bits per heavy atom. The van der Waals surface area contributed by atoms with E-state index in [-0.39, 0.29) is 29.3 Å². The minimum Gasteiger partial charge on any atom is -0.508 e. The molecule has 2 aromatic carbocycles. The Balaban J connectivity index is 1.83. The molecule has 0 unspecified atom stereocenters. The minimum atomic E-state index is -0.792. The van der Waals surface area contributed by atoms with Crippen LogP contribution in [-0.4, -0.2) is 11.0 Å². The van der Waals surface area contributed by atoms with Crippen molar-refractivity contribution in [2.24, 2.45) is 0 Å².